The maximum Gasteiger partial charge on any atom is 0.433 e. The van der Waals surface area contributed by atoms with Crippen LogP contribution >= 0.6 is 0 Å². The first-order valence-corrected chi connectivity index (χ1v) is 6.56. The quantitative estimate of drug-likeness (QED) is 0.852. The van der Waals surface area contributed by atoms with Crippen molar-refractivity contribution in [2.45, 2.75) is 38.3 Å². The highest BCUT2D eigenvalue weighted by atomic mass is 19.4. The Hall–Kier alpha value is -1.46. The monoisotopic (exact) mass is 273 g/mol. The molecule has 1 aromatic rings. The Balaban J connectivity index is 2.26. The van der Waals surface area contributed by atoms with E-state index in [0.29, 0.717) is 11.4 Å². The van der Waals surface area contributed by atoms with Gasteiger partial charge >= 0.3 is 6.18 Å². The molecule has 1 aliphatic rings. The van der Waals surface area contributed by atoms with Gasteiger partial charge in [0, 0.05) is 13.1 Å². The summed E-state index contributed by atoms with van der Waals surface area (Å²) in [4.78, 5) is 5.32. The Morgan fingerprint density at radius 3 is 2.21 bits per heavy atom. The van der Waals surface area contributed by atoms with Crippen molar-refractivity contribution in [1.82, 2.24) is 4.98 Å². The molecule has 1 aromatic heterocycles. The smallest absolute Gasteiger partial charge is 0.396 e. The molecule has 1 saturated heterocycles. The van der Waals surface area contributed by atoms with Gasteiger partial charge in [-0.3, -0.25) is 0 Å². The lowest BCUT2D eigenvalue weighted by molar-refractivity contribution is -0.141. The van der Waals surface area contributed by atoms with E-state index in [1.807, 2.05) is 4.90 Å². The highest BCUT2D eigenvalue weighted by Gasteiger charge is 2.33. The van der Waals surface area contributed by atoms with Gasteiger partial charge in [-0.1, -0.05) is 19.3 Å². The molecular weight excluding hydrogens is 255 g/mol. The van der Waals surface area contributed by atoms with Crippen molar-refractivity contribution in [2.24, 2.45) is 0 Å². The van der Waals surface area contributed by atoms with Crippen LogP contribution in [0.2, 0.25) is 0 Å². The van der Waals surface area contributed by atoms with Crippen LogP contribution in [0, 0.1) is 0 Å². The van der Waals surface area contributed by atoms with Gasteiger partial charge in [-0.25, -0.2) is 4.98 Å². The molecule has 0 atom stereocenters. The zero-order chi connectivity index (χ0) is 13.9. The molecule has 3 nitrogen and oxygen atoms in total. The SMILES string of the molecule is Nc1cnc(C(F)(F)F)cc1N1CCCCCCC1. The molecule has 0 saturated carbocycles. The summed E-state index contributed by atoms with van der Waals surface area (Å²) in [6, 6.07) is 1.07. The molecule has 6 heteroatoms. The molecule has 1 fully saturated rings. The number of nitrogens with two attached hydrogens (primary N) is 1. The average Bonchev–Trinajstić information content (AvgIpc) is 2.28. The number of halogens is 3. The second-order valence-corrected chi connectivity index (χ2v) is 4.88. The summed E-state index contributed by atoms with van der Waals surface area (Å²) in [5.74, 6) is 0. The van der Waals surface area contributed by atoms with Crippen molar-refractivity contribution in [2.75, 3.05) is 23.7 Å². The number of anilines is 2. The fraction of sp³-hybridized carbons (Fsp3) is 0.615. The minimum Gasteiger partial charge on any atom is -0.396 e. The van der Waals surface area contributed by atoms with Gasteiger partial charge in [0.15, 0.2) is 0 Å². The minimum absolute atomic E-state index is 0.313. The molecule has 0 aliphatic carbocycles. The number of aromatic nitrogens is 1. The molecule has 0 spiro atoms. The largest absolute Gasteiger partial charge is 0.433 e. The van der Waals surface area contributed by atoms with Crippen molar-refractivity contribution in [3.8, 4) is 0 Å². The number of pyridine rings is 1. The Labute approximate surface area is 110 Å². The van der Waals surface area contributed by atoms with Crippen LogP contribution in [0.5, 0.6) is 0 Å². The second kappa shape index (κ2) is 5.67. The van der Waals surface area contributed by atoms with E-state index in [-0.39, 0.29) is 0 Å². The third kappa shape index (κ3) is 3.52. The van der Waals surface area contributed by atoms with E-state index in [0.717, 1.165) is 51.0 Å². The van der Waals surface area contributed by atoms with Crippen LogP contribution in [-0.2, 0) is 6.18 Å². The minimum atomic E-state index is -4.43. The van der Waals surface area contributed by atoms with Crippen LogP contribution in [0.3, 0.4) is 0 Å². The summed E-state index contributed by atoms with van der Waals surface area (Å²) in [6.07, 6.45) is 2.10. The van der Waals surface area contributed by atoms with Gasteiger partial charge in [-0.15, -0.1) is 0 Å². The van der Waals surface area contributed by atoms with E-state index in [4.69, 9.17) is 5.73 Å². The van der Waals surface area contributed by atoms with Crippen LogP contribution in [0.4, 0.5) is 24.5 Å². The Kier molecular flexibility index (Phi) is 4.17. The Bertz CT molecular complexity index is 424. The summed E-state index contributed by atoms with van der Waals surface area (Å²) < 4.78 is 38.1. The number of nitrogens with zero attached hydrogens (tertiary/aromatic N) is 2. The summed E-state index contributed by atoms with van der Waals surface area (Å²) in [5.41, 5.74) is 5.68. The topological polar surface area (TPSA) is 42.1 Å². The summed E-state index contributed by atoms with van der Waals surface area (Å²) >= 11 is 0. The van der Waals surface area contributed by atoms with E-state index in [9.17, 15) is 13.2 Å². The molecule has 2 heterocycles. The normalized spacial score (nSPS) is 17.9. The lowest BCUT2D eigenvalue weighted by Gasteiger charge is -2.28. The van der Waals surface area contributed by atoms with E-state index in [1.165, 1.54) is 6.42 Å². The number of rotatable bonds is 1. The molecule has 1 aliphatic heterocycles. The van der Waals surface area contributed by atoms with Crippen molar-refractivity contribution in [1.29, 1.82) is 0 Å². The lowest BCUT2D eigenvalue weighted by Crippen LogP contribution is -2.28. The molecule has 19 heavy (non-hydrogen) atoms. The number of hydrogen-bond acceptors (Lipinski definition) is 3. The number of nitrogen functional groups attached to an aromatic ring is 1. The highest BCUT2D eigenvalue weighted by molar-refractivity contribution is 5.67. The molecule has 0 amide bonds. The van der Waals surface area contributed by atoms with Gasteiger partial charge in [0.2, 0.25) is 0 Å². The predicted molar refractivity (Wildman–Crippen MR) is 68.9 cm³/mol. The fourth-order valence-electron chi connectivity index (χ4n) is 2.37. The van der Waals surface area contributed by atoms with E-state index < -0.39 is 11.9 Å². The van der Waals surface area contributed by atoms with Crippen LogP contribution in [-0.4, -0.2) is 18.1 Å². The molecule has 0 unspecified atom stereocenters. The number of alkyl halides is 3. The maximum atomic E-state index is 12.7. The van der Waals surface area contributed by atoms with Crippen LogP contribution in [0.25, 0.3) is 0 Å². The van der Waals surface area contributed by atoms with Gasteiger partial charge in [0.1, 0.15) is 5.69 Å². The molecule has 2 N–H and O–H groups in total. The van der Waals surface area contributed by atoms with Gasteiger partial charge in [-0.2, -0.15) is 13.2 Å². The standard InChI is InChI=1S/C13H18F3N3/c14-13(15,16)12-8-11(10(17)9-18-12)19-6-4-2-1-3-5-7-19/h8-9H,1-7,17H2. The van der Waals surface area contributed by atoms with Gasteiger partial charge in [0.25, 0.3) is 0 Å². The summed E-state index contributed by atoms with van der Waals surface area (Å²) in [5, 5.41) is 0. The third-order valence-electron chi connectivity index (χ3n) is 3.40. The van der Waals surface area contributed by atoms with Gasteiger partial charge in [-0.05, 0) is 18.9 Å². The second-order valence-electron chi connectivity index (χ2n) is 4.88. The first-order valence-electron chi connectivity index (χ1n) is 6.56. The summed E-state index contributed by atoms with van der Waals surface area (Å²) in [6.45, 7) is 1.51. The first-order chi connectivity index (χ1) is 8.98. The van der Waals surface area contributed by atoms with E-state index >= 15 is 0 Å². The zero-order valence-electron chi connectivity index (χ0n) is 10.7. The highest BCUT2D eigenvalue weighted by Crippen LogP contribution is 2.33. The van der Waals surface area contributed by atoms with E-state index in [2.05, 4.69) is 4.98 Å². The Morgan fingerprint density at radius 2 is 1.63 bits per heavy atom. The molecule has 0 bridgehead atoms. The van der Waals surface area contributed by atoms with Crippen molar-refractivity contribution >= 4 is 11.4 Å². The maximum absolute atomic E-state index is 12.7. The summed E-state index contributed by atoms with van der Waals surface area (Å²) in [7, 11) is 0. The van der Waals surface area contributed by atoms with Crippen LogP contribution < -0.4 is 10.6 Å². The van der Waals surface area contributed by atoms with Gasteiger partial charge in [0.05, 0.1) is 17.6 Å². The van der Waals surface area contributed by atoms with E-state index in [1.54, 1.807) is 0 Å². The fourth-order valence-corrected chi connectivity index (χ4v) is 2.37. The predicted octanol–water partition coefficient (Wildman–Crippen LogP) is 3.45. The molecule has 2 rings (SSSR count). The molecule has 0 radical (unpaired) electrons. The molecular formula is C13H18F3N3. The van der Waals surface area contributed by atoms with Crippen molar-refractivity contribution in [3.05, 3.63) is 18.0 Å². The van der Waals surface area contributed by atoms with Crippen molar-refractivity contribution in [3.63, 3.8) is 0 Å². The third-order valence-corrected chi connectivity index (χ3v) is 3.40. The van der Waals surface area contributed by atoms with Gasteiger partial charge < -0.3 is 10.6 Å². The van der Waals surface area contributed by atoms with Crippen molar-refractivity contribution < 1.29 is 13.2 Å². The van der Waals surface area contributed by atoms with Crippen LogP contribution in [0.15, 0.2) is 12.3 Å². The zero-order valence-corrected chi connectivity index (χ0v) is 10.7. The number of hydrogen-bond donors (Lipinski definition) is 1. The first kappa shape index (κ1) is 14.0. The molecule has 106 valence electrons. The lowest BCUT2D eigenvalue weighted by atomic mass is 10.1. The Morgan fingerprint density at radius 1 is 1.05 bits per heavy atom. The van der Waals surface area contributed by atoms with Crippen LogP contribution in [0.1, 0.15) is 37.8 Å². The average molecular weight is 273 g/mol. The molecule has 0 aromatic carbocycles.